The number of nitrogens with one attached hydrogen (secondary N) is 1. The Morgan fingerprint density at radius 1 is 0.820 bits per heavy atom. The first kappa shape index (κ1) is 39.7. The molecule has 2 aliphatic heterocycles. The standard InChI is InChI=1S/C25H31F3N2O2S.C15H24N2/c1-23(2,3)30-13-9-12-24(16-30,17-10-7-6-8-11-17)29-22(31)21-19(32-4)14-18(25(26,27)28)15-20(21)33-5;1-14(2,3)17-11-7-10-15(16,12-17)13-8-5-4-6-9-13/h6-8,10-11,14-15H,9,12-13,16H2,1-5H3,(H,29,31);4-6,8-9H,7,10-12,16H2,1-3H3. The molecule has 0 aliphatic carbocycles. The highest BCUT2D eigenvalue weighted by atomic mass is 32.2. The molecule has 2 atom stereocenters. The largest absolute Gasteiger partial charge is 0.496 e. The fraction of sp³-hybridized carbons (Fsp3) is 0.525. The third-order valence-corrected chi connectivity index (χ3v) is 10.8. The topological polar surface area (TPSA) is 70.8 Å². The molecule has 2 fully saturated rings. The van der Waals surface area contributed by atoms with Gasteiger partial charge in [0.05, 0.1) is 29.3 Å². The summed E-state index contributed by atoms with van der Waals surface area (Å²) in [5.74, 6) is -0.525. The van der Waals surface area contributed by atoms with Crippen LogP contribution in [0.5, 0.6) is 5.75 Å². The molecule has 3 aromatic rings. The highest BCUT2D eigenvalue weighted by Gasteiger charge is 2.43. The molecule has 0 aromatic heterocycles. The number of carbonyl (C=O) groups is 1. The first-order valence-corrected chi connectivity index (χ1v) is 18.6. The summed E-state index contributed by atoms with van der Waals surface area (Å²) in [5.41, 5.74) is 7.43. The molecule has 3 N–H and O–H groups in total. The van der Waals surface area contributed by atoms with Crippen LogP contribution in [0.3, 0.4) is 0 Å². The minimum atomic E-state index is -4.53. The zero-order chi connectivity index (χ0) is 37.0. The number of carbonyl (C=O) groups excluding carboxylic acids is 1. The van der Waals surface area contributed by atoms with E-state index in [1.54, 1.807) is 6.26 Å². The molecular formula is C40H55F3N4O2S. The summed E-state index contributed by atoms with van der Waals surface area (Å²) in [4.78, 5) is 18.7. The number of rotatable bonds is 6. The zero-order valence-corrected chi connectivity index (χ0v) is 31.7. The molecule has 0 radical (unpaired) electrons. The monoisotopic (exact) mass is 712 g/mol. The van der Waals surface area contributed by atoms with E-state index in [9.17, 15) is 18.0 Å². The minimum absolute atomic E-state index is 0.0848. The Hall–Kier alpha value is -3.05. The Bertz CT molecular complexity index is 1550. The number of methoxy groups -OCH3 is 1. The smallest absolute Gasteiger partial charge is 0.416 e. The second kappa shape index (κ2) is 15.7. The van der Waals surface area contributed by atoms with Crippen LogP contribution in [0.1, 0.15) is 94.3 Å². The second-order valence-corrected chi connectivity index (χ2v) is 16.4. The molecule has 2 unspecified atom stereocenters. The van der Waals surface area contributed by atoms with E-state index in [1.807, 2.05) is 30.3 Å². The number of ether oxygens (including phenoxy) is 1. The SMILES string of the molecule is CC(C)(C)N1CCCC(N)(c2ccccc2)C1.COc1cc(C(F)(F)F)cc(SC)c1C(=O)NC1(c2ccccc2)CCCN(C(C)(C)C)C1. The summed E-state index contributed by atoms with van der Waals surface area (Å²) in [5, 5.41) is 3.22. The van der Waals surface area contributed by atoms with Crippen LogP contribution < -0.4 is 15.8 Å². The molecule has 2 saturated heterocycles. The van der Waals surface area contributed by atoms with Gasteiger partial charge in [0, 0.05) is 29.1 Å². The molecule has 3 aromatic carbocycles. The van der Waals surface area contributed by atoms with Crippen molar-refractivity contribution in [2.45, 2.75) is 100 Å². The lowest BCUT2D eigenvalue weighted by Crippen LogP contribution is -2.60. The van der Waals surface area contributed by atoms with Crippen LogP contribution in [0.4, 0.5) is 13.2 Å². The molecule has 10 heteroatoms. The van der Waals surface area contributed by atoms with Crippen LogP contribution in [0.2, 0.25) is 0 Å². The highest BCUT2D eigenvalue weighted by molar-refractivity contribution is 7.98. The summed E-state index contributed by atoms with van der Waals surface area (Å²) in [6.07, 6.45) is 1.00. The molecule has 1 amide bonds. The maximum Gasteiger partial charge on any atom is 0.416 e. The molecule has 0 bridgehead atoms. The number of nitrogens with zero attached hydrogens (tertiary/aromatic N) is 2. The van der Waals surface area contributed by atoms with E-state index in [0.717, 1.165) is 68.4 Å². The van der Waals surface area contributed by atoms with Crippen molar-refractivity contribution in [3.05, 3.63) is 95.1 Å². The van der Waals surface area contributed by atoms with Crippen molar-refractivity contribution in [1.82, 2.24) is 15.1 Å². The van der Waals surface area contributed by atoms with Gasteiger partial charge in [-0.1, -0.05) is 60.7 Å². The Kier molecular flexibility index (Phi) is 12.5. The van der Waals surface area contributed by atoms with Gasteiger partial charge in [-0.15, -0.1) is 11.8 Å². The van der Waals surface area contributed by atoms with Gasteiger partial charge in [0.1, 0.15) is 5.75 Å². The fourth-order valence-corrected chi connectivity index (χ4v) is 7.68. The number of amides is 1. The van der Waals surface area contributed by atoms with E-state index in [4.69, 9.17) is 10.5 Å². The highest BCUT2D eigenvalue weighted by Crippen LogP contribution is 2.40. The Labute approximate surface area is 301 Å². The van der Waals surface area contributed by atoms with Crippen LogP contribution >= 0.6 is 11.8 Å². The summed E-state index contributed by atoms with van der Waals surface area (Å²) < 4.78 is 45.4. The predicted molar refractivity (Wildman–Crippen MR) is 199 cm³/mol. The number of hydrogen-bond donors (Lipinski definition) is 2. The van der Waals surface area contributed by atoms with Crippen molar-refractivity contribution >= 4 is 17.7 Å². The van der Waals surface area contributed by atoms with E-state index >= 15 is 0 Å². The summed E-state index contributed by atoms with van der Waals surface area (Å²) in [7, 11) is 1.28. The van der Waals surface area contributed by atoms with Gasteiger partial charge in [-0.05, 0) is 110 Å². The van der Waals surface area contributed by atoms with Crippen molar-refractivity contribution in [1.29, 1.82) is 0 Å². The maximum atomic E-state index is 13.7. The van der Waals surface area contributed by atoms with Crippen molar-refractivity contribution in [2.24, 2.45) is 5.73 Å². The van der Waals surface area contributed by atoms with Gasteiger partial charge in [0.25, 0.3) is 5.91 Å². The Balaban J connectivity index is 0.000000276. The van der Waals surface area contributed by atoms with E-state index in [-0.39, 0.29) is 32.8 Å². The number of piperidine rings is 2. The molecule has 274 valence electrons. The Morgan fingerprint density at radius 3 is 1.84 bits per heavy atom. The van der Waals surface area contributed by atoms with Gasteiger partial charge in [0.15, 0.2) is 0 Å². The summed E-state index contributed by atoms with van der Waals surface area (Å²) in [6, 6.07) is 22.2. The van der Waals surface area contributed by atoms with Crippen molar-refractivity contribution < 1.29 is 22.7 Å². The molecule has 0 spiro atoms. The van der Waals surface area contributed by atoms with Gasteiger partial charge in [-0.25, -0.2) is 0 Å². The number of likely N-dealkylation sites (tertiary alicyclic amines) is 2. The van der Waals surface area contributed by atoms with Gasteiger partial charge in [-0.3, -0.25) is 14.6 Å². The van der Waals surface area contributed by atoms with Crippen LogP contribution in [0, 0.1) is 0 Å². The number of thioether (sulfide) groups is 1. The second-order valence-electron chi connectivity index (χ2n) is 15.6. The normalized spacial score (nSPS) is 22.3. The van der Waals surface area contributed by atoms with Crippen molar-refractivity contribution in [2.75, 3.05) is 39.5 Å². The average molecular weight is 713 g/mol. The molecule has 6 nitrogen and oxygen atoms in total. The van der Waals surface area contributed by atoms with Crippen LogP contribution in [0.15, 0.2) is 77.7 Å². The van der Waals surface area contributed by atoms with Gasteiger partial charge < -0.3 is 15.8 Å². The van der Waals surface area contributed by atoms with Crippen LogP contribution in [-0.4, -0.2) is 66.3 Å². The number of halogens is 3. The first-order valence-electron chi connectivity index (χ1n) is 17.4. The lowest BCUT2D eigenvalue weighted by atomic mass is 9.80. The van der Waals surface area contributed by atoms with Gasteiger partial charge >= 0.3 is 6.18 Å². The summed E-state index contributed by atoms with van der Waals surface area (Å²) >= 11 is 1.09. The van der Waals surface area contributed by atoms with Crippen LogP contribution in [0.25, 0.3) is 0 Å². The van der Waals surface area contributed by atoms with E-state index in [2.05, 4.69) is 87.0 Å². The van der Waals surface area contributed by atoms with Gasteiger partial charge in [-0.2, -0.15) is 13.2 Å². The molecular weight excluding hydrogens is 658 g/mol. The molecule has 50 heavy (non-hydrogen) atoms. The average Bonchev–Trinajstić information content (AvgIpc) is 3.07. The van der Waals surface area contributed by atoms with Crippen LogP contribution in [-0.2, 0) is 17.3 Å². The number of hydrogen-bond acceptors (Lipinski definition) is 6. The Morgan fingerprint density at radius 2 is 1.34 bits per heavy atom. The number of alkyl halides is 3. The van der Waals surface area contributed by atoms with E-state index in [0.29, 0.717) is 6.54 Å². The molecule has 2 aliphatic rings. The number of nitrogens with two attached hydrogens (primary N) is 1. The number of benzene rings is 3. The third-order valence-electron chi connectivity index (χ3n) is 10.0. The fourth-order valence-electron chi connectivity index (χ4n) is 7.04. The molecule has 2 heterocycles. The quantitative estimate of drug-likeness (QED) is 0.249. The lowest BCUT2D eigenvalue weighted by Gasteiger charge is -2.48. The van der Waals surface area contributed by atoms with Crippen molar-refractivity contribution in [3.63, 3.8) is 0 Å². The maximum absolute atomic E-state index is 13.7. The van der Waals surface area contributed by atoms with Gasteiger partial charge in [0.2, 0.25) is 0 Å². The minimum Gasteiger partial charge on any atom is -0.496 e. The van der Waals surface area contributed by atoms with E-state index < -0.39 is 23.2 Å². The molecule has 5 rings (SSSR count). The lowest BCUT2D eigenvalue weighted by molar-refractivity contribution is -0.137. The van der Waals surface area contributed by atoms with E-state index in [1.165, 1.54) is 19.1 Å². The zero-order valence-electron chi connectivity index (χ0n) is 30.9. The van der Waals surface area contributed by atoms with Crippen molar-refractivity contribution in [3.8, 4) is 5.75 Å². The third kappa shape index (κ3) is 9.43. The molecule has 0 saturated carbocycles. The summed E-state index contributed by atoms with van der Waals surface area (Å²) in [6.45, 7) is 16.9. The first-order chi connectivity index (χ1) is 23.3. The predicted octanol–water partition coefficient (Wildman–Crippen LogP) is 8.69.